The molecule has 0 aliphatic carbocycles. The Labute approximate surface area is 131 Å². The van der Waals surface area contributed by atoms with Gasteiger partial charge in [0, 0.05) is 11.4 Å². The van der Waals surface area contributed by atoms with Crippen LogP contribution in [0.3, 0.4) is 0 Å². The summed E-state index contributed by atoms with van der Waals surface area (Å²) >= 11 is 3.66. The van der Waals surface area contributed by atoms with Gasteiger partial charge in [0.05, 0.1) is 17.6 Å². The van der Waals surface area contributed by atoms with Gasteiger partial charge in [0.15, 0.2) is 0 Å². The van der Waals surface area contributed by atoms with Gasteiger partial charge in [-0.05, 0) is 23.6 Å². The van der Waals surface area contributed by atoms with E-state index in [1.54, 1.807) is 0 Å². The molecule has 3 nitrogen and oxygen atoms in total. The van der Waals surface area contributed by atoms with Gasteiger partial charge in [-0.25, -0.2) is 4.79 Å². The summed E-state index contributed by atoms with van der Waals surface area (Å²) in [6.07, 6.45) is 0.978. The Bertz CT molecular complexity index is 864. The number of alkyl halides is 1. The van der Waals surface area contributed by atoms with E-state index in [0.717, 1.165) is 29.6 Å². The smallest absolute Gasteiger partial charge is 0.290 e. The van der Waals surface area contributed by atoms with Crippen molar-refractivity contribution in [1.29, 1.82) is 0 Å². The molecule has 0 N–H and O–H groups in total. The molecule has 1 aliphatic rings. The maximum absolute atomic E-state index is 12.8. The van der Waals surface area contributed by atoms with Gasteiger partial charge >= 0.3 is 5.69 Å². The first-order valence-corrected chi connectivity index (χ1v) is 8.04. The molecule has 0 radical (unpaired) electrons. The van der Waals surface area contributed by atoms with Gasteiger partial charge in [-0.1, -0.05) is 58.4 Å². The highest BCUT2D eigenvalue weighted by atomic mass is 79.9. The van der Waals surface area contributed by atoms with Gasteiger partial charge in [0.2, 0.25) is 0 Å². The average Bonchev–Trinajstić information content (AvgIpc) is 2.76. The number of para-hydroxylation sites is 1. The fourth-order valence-corrected chi connectivity index (χ4v) is 3.84. The Morgan fingerprint density at radius 1 is 1.10 bits per heavy atom. The van der Waals surface area contributed by atoms with E-state index in [1.165, 1.54) is 5.56 Å². The molecular formula is C17H15BrN2O. The lowest BCUT2D eigenvalue weighted by atomic mass is 10.0. The van der Waals surface area contributed by atoms with Gasteiger partial charge in [-0.3, -0.25) is 9.13 Å². The van der Waals surface area contributed by atoms with E-state index < -0.39 is 0 Å². The van der Waals surface area contributed by atoms with Crippen LogP contribution < -0.4 is 5.69 Å². The lowest BCUT2D eigenvalue weighted by Crippen LogP contribution is -2.30. The van der Waals surface area contributed by atoms with Crippen LogP contribution >= 0.6 is 15.9 Å². The van der Waals surface area contributed by atoms with E-state index in [0.29, 0.717) is 11.4 Å². The first-order chi connectivity index (χ1) is 10.2. The highest BCUT2D eigenvalue weighted by Gasteiger charge is 2.23. The second kappa shape index (κ2) is 4.88. The summed E-state index contributed by atoms with van der Waals surface area (Å²) in [6, 6.07) is 16.4. The number of hydrogen-bond donors (Lipinski definition) is 0. The fourth-order valence-electron chi connectivity index (χ4n) is 3.21. The molecule has 0 unspecified atom stereocenters. The van der Waals surface area contributed by atoms with Crippen molar-refractivity contribution in [3.8, 4) is 0 Å². The standard InChI is InChI=1S/C17H15BrN2O/c18-14-9-13-7-4-8-15-16(13)20(11-14)17(21)19(15)10-12-5-2-1-3-6-12/h1-8,14H,9-11H2/t14-/m0/s1. The second-order valence-corrected chi connectivity index (χ2v) is 6.85. The topological polar surface area (TPSA) is 26.9 Å². The summed E-state index contributed by atoms with van der Waals surface area (Å²) in [5, 5.41) is 0. The molecule has 0 amide bonds. The van der Waals surface area contributed by atoms with Crippen molar-refractivity contribution in [3.63, 3.8) is 0 Å². The third kappa shape index (κ3) is 2.05. The van der Waals surface area contributed by atoms with Crippen LogP contribution in [0.5, 0.6) is 0 Å². The van der Waals surface area contributed by atoms with Crippen molar-refractivity contribution in [1.82, 2.24) is 9.13 Å². The molecule has 2 aromatic carbocycles. The molecule has 0 spiro atoms. The second-order valence-electron chi connectivity index (χ2n) is 5.55. The first-order valence-electron chi connectivity index (χ1n) is 7.13. The largest absolute Gasteiger partial charge is 0.329 e. The Balaban J connectivity index is 1.94. The fraction of sp³-hybridized carbons (Fsp3) is 0.235. The summed E-state index contributed by atoms with van der Waals surface area (Å²) in [5.41, 5.74) is 4.64. The summed E-state index contributed by atoms with van der Waals surface area (Å²) in [4.78, 5) is 13.1. The van der Waals surface area contributed by atoms with E-state index in [2.05, 4.69) is 34.1 Å². The molecule has 2 heterocycles. The average molecular weight is 343 g/mol. The van der Waals surface area contributed by atoms with Crippen LogP contribution in [-0.4, -0.2) is 14.0 Å². The number of hydrogen-bond acceptors (Lipinski definition) is 1. The molecule has 4 rings (SSSR count). The molecule has 0 saturated carbocycles. The van der Waals surface area contributed by atoms with Gasteiger partial charge in [-0.15, -0.1) is 0 Å². The molecule has 0 fully saturated rings. The minimum Gasteiger partial charge on any atom is -0.290 e. The molecule has 0 bridgehead atoms. The monoisotopic (exact) mass is 342 g/mol. The van der Waals surface area contributed by atoms with Crippen molar-refractivity contribution < 1.29 is 0 Å². The quantitative estimate of drug-likeness (QED) is 0.657. The Morgan fingerprint density at radius 2 is 1.90 bits per heavy atom. The zero-order valence-electron chi connectivity index (χ0n) is 11.5. The number of nitrogens with zero attached hydrogens (tertiary/aromatic N) is 2. The zero-order chi connectivity index (χ0) is 14.4. The lowest BCUT2D eigenvalue weighted by molar-refractivity contribution is 0.613. The van der Waals surface area contributed by atoms with Gasteiger partial charge < -0.3 is 0 Å². The molecule has 0 saturated heterocycles. The maximum atomic E-state index is 12.8. The predicted molar refractivity (Wildman–Crippen MR) is 88.2 cm³/mol. The Kier molecular flexibility index (Phi) is 3.00. The number of halogens is 1. The lowest BCUT2D eigenvalue weighted by Gasteiger charge is -2.18. The summed E-state index contributed by atoms with van der Waals surface area (Å²) in [7, 11) is 0. The maximum Gasteiger partial charge on any atom is 0.329 e. The highest BCUT2D eigenvalue weighted by Crippen LogP contribution is 2.27. The summed E-state index contributed by atoms with van der Waals surface area (Å²) in [5.74, 6) is 0. The van der Waals surface area contributed by atoms with Crippen LogP contribution in [0.2, 0.25) is 0 Å². The number of rotatable bonds is 2. The van der Waals surface area contributed by atoms with E-state index in [1.807, 2.05) is 39.5 Å². The van der Waals surface area contributed by atoms with E-state index in [-0.39, 0.29) is 5.69 Å². The first kappa shape index (κ1) is 12.9. The van der Waals surface area contributed by atoms with Crippen LogP contribution in [0.15, 0.2) is 53.3 Å². The van der Waals surface area contributed by atoms with Crippen LogP contribution in [-0.2, 0) is 19.5 Å². The number of benzene rings is 2. The molecule has 21 heavy (non-hydrogen) atoms. The van der Waals surface area contributed by atoms with Gasteiger partial charge in [-0.2, -0.15) is 0 Å². The van der Waals surface area contributed by atoms with E-state index in [9.17, 15) is 4.79 Å². The zero-order valence-corrected chi connectivity index (χ0v) is 13.1. The number of aromatic nitrogens is 2. The number of imidazole rings is 1. The predicted octanol–water partition coefficient (Wildman–Crippen LogP) is 3.17. The van der Waals surface area contributed by atoms with Crippen molar-refractivity contribution in [2.75, 3.05) is 0 Å². The van der Waals surface area contributed by atoms with Crippen LogP contribution in [0.1, 0.15) is 11.1 Å². The SMILES string of the molecule is O=c1n(Cc2ccccc2)c2cccc3c2n1C[C@@H](Br)C3. The van der Waals surface area contributed by atoms with Crippen LogP contribution in [0, 0.1) is 0 Å². The molecule has 3 aromatic rings. The van der Waals surface area contributed by atoms with E-state index in [4.69, 9.17) is 0 Å². The Hall–Kier alpha value is -1.81. The molecule has 4 heteroatoms. The summed E-state index contributed by atoms with van der Waals surface area (Å²) in [6.45, 7) is 1.37. The minimum atomic E-state index is 0.0884. The van der Waals surface area contributed by atoms with Gasteiger partial charge in [0.25, 0.3) is 0 Å². The van der Waals surface area contributed by atoms with Crippen LogP contribution in [0.4, 0.5) is 0 Å². The third-order valence-corrected chi connectivity index (χ3v) is 4.74. The van der Waals surface area contributed by atoms with Crippen molar-refractivity contribution in [2.45, 2.75) is 24.3 Å². The van der Waals surface area contributed by atoms with Gasteiger partial charge in [0.1, 0.15) is 0 Å². The molecular weight excluding hydrogens is 328 g/mol. The van der Waals surface area contributed by atoms with Crippen molar-refractivity contribution in [2.24, 2.45) is 0 Å². The molecule has 1 atom stereocenters. The minimum absolute atomic E-state index is 0.0884. The van der Waals surface area contributed by atoms with Crippen molar-refractivity contribution in [3.05, 3.63) is 70.1 Å². The van der Waals surface area contributed by atoms with E-state index >= 15 is 0 Å². The molecule has 1 aromatic heterocycles. The Morgan fingerprint density at radius 3 is 2.71 bits per heavy atom. The van der Waals surface area contributed by atoms with Crippen LogP contribution in [0.25, 0.3) is 11.0 Å². The summed E-state index contributed by atoms with van der Waals surface area (Å²) < 4.78 is 3.80. The molecule has 1 aliphatic heterocycles. The highest BCUT2D eigenvalue weighted by molar-refractivity contribution is 9.09. The van der Waals surface area contributed by atoms with Crippen molar-refractivity contribution >= 4 is 27.0 Å². The third-order valence-electron chi connectivity index (χ3n) is 4.13. The normalized spacial score (nSPS) is 17.3. The molecule has 106 valence electrons.